The molecule has 0 saturated heterocycles. The molecule has 0 aliphatic heterocycles. The molecule has 0 aliphatic rings. The molecule has 2 rings (SSSR count). The molecular weight excluding hydrogens is 264 g/mol. The van der Waals surface area contributed by atoms with E-state index in [1.807, 2.05) is 45.3 Å². The number of nitriles is 1. The first kappa shape index (κ1) is 15.1. The standard InChI is InChI=1S/C16H20N4O/c1-12-7-4-5-8-13(12)15-19-14(11-17)16(21-15)18-9-6-10-20(2)3/h4-5,7-8,18H,6,9-10H2,1-3H3. The van der Waals surface area contributed by atoms with Gasteiger partial charge in [-0.3, -0.25) is 0 Å². The molecule has 0 aliphatic carbocycles. The summed E-state index contributed by atoms with van der Waals surface area (Å²) in [6.45, 7) is 3.72. The van der Waals surface area contributed by atoms with Crippen LogP contribution in [0, 0.1) is 18.3 Å². The van der Waals surface area contributed by atoms with E-state index in [4.69, 9.17) is 4.42 Å². The number of hydrogen-bond donors (Lipinski definition) is 1. The van der Waals surface area contributed by atoms with Crippen LogP contribution in [0.5, 0.6) is 0 Å². The molecule has 0 saturated carbocycles. The van der Waals surface area contributed by atoms with Gasteiger partial charge < -0.3 is 14.6 Å². The summed E-state index contributed by atoms with van der Waals surface area (Å²) in [6, 6.07) is 9.91. The van der Waals surface area contributed by atoms with Crippen molar-refractivity contribution in [1.82, 2.24) is 9.88 Å². The lowest BCUT2D eigenvalue weighted by atomic mass is 10.1. The van der Waals surface area contributed by atoms with E-state index in [2.05, 4.69) is 21.3 Å². The summed E-state index contributed by atoms with van der Waals surface area (Å²) in [6.07, 6.45) is 0.971. The van der Waals surface area contributed by atoms with Crippen molar-refractivity contribution in [2.45, 2.75) is 13.3 Å². The van der Waals surface area contributed by atoms with Crippen LogP contribution in [0.25, 0.3) is 11.5 Å². The molecule has 0 unspecified atom stereocenters. The highest BCUT2D eigenvalue weighted by atomic mass is 16.4. The van der Waals surface area contributed by atoms with Crippen LogP contribution in [0.1, 0.15) is 17.7 Å². The molecule has 0 spiro atoms. The van der Waals surface area contributed by atoms with Gasteiger partial charge in [-0.05, 0) is 45.6 Å². The molecule has 2 aromatic rings. The second kappa shape index (κ2) is 6.91. The van der Waals surface area contributed by atoms with Gasteiger partial charge in [0.1, 0.15) is 6.07 Å². The number of nitrogens with one attached hydrogen (secondary N) is 1. The van der Waals surface area contributed by atoms with Crippen molar-refractivity contribution in [2.75, 3.05) is 32.5 Å². The van der Waals surface area contributed by atoms with E-state index in [0.29, 0.717) is 17.5 Å². The van der Waals surface area contributed by atoms with Gasteiger partial charge in [-0.2, -0.15) is 10.2 Å². The first-order valence-electron chi connectivity index (χ1n) is 6.97. The number of hydrogen-bond acceptors (Lipinski definition) is 5. The molecule has 1 heterocycles. The van der Waals surface area contributed by atoms with Crippen LogP contribution < -0.4 is 5.32 Å². The number of benzene rings is 1. The average Bonchev–Trinajstić information content (AvgIpc) is 2.87. The zero-order valence-corrected chi connectivity index (χ0v) is 12.7. The van der Waals surface area contributed by atoms with Crippen molar-refractivity contribution >= 4 is 5.88 Å². The molecule has 0 radical (unpaired) electrons. The van der Waals surface area contributed by atoms with Crippen LogP contribution in [0.2, 0.25) is 0 Å². The Morgan fingerprint density at radius 1 is 1.33 bits per heavy atom. The number of nitrogens with zero attached hydrogens (tertiary/aromatic N) is 3. The Balaban J connectivity index is 2.13. The fourth-order valence-corrected chi connectivity index (χ4v) is 2.04. The van der Waals surface area contributed by atoms with Crippen molar-refractivity contribution in [1.29, 1.82) is 5.26 Å². The minimum atomic E-state index is 0.304. The quantitative estimate of drug-likeness (QED) is 0.826. The molecular formula is C16H20N4O. The maximum atomic E-state index is 9.17. The van der Waals surface area contributed by atoms with Gasteiger partial charge in [0.2, 0.25) is 17.5 Å². The van der Waals surface area contributed by atoms with Crippen molar-refractivity contribution < 1.29 is 4.42 Å². The first-order chi connectivity index (χ1) is 10.1. The monoisotopic (exact) mass is 284 g/mol. The number of anilines is 1. The highest BCUT2D eigenvalue weighted by Gasteiger charge is 2.15. The fourth-order valence-electron chi connectivity index (χ4n) is 2.04. The van der Waals surface area contributed by atoms with Gasteiger partial charge in [0, 0.05) is 12.1 Å². The average molecular weight is 284 g/mol. The van der Waals surface area contributed by atoms with Crippen LogP contribution in [0.3, 0.4) is 0 Å². The lowest BCUT2D eigenvalue weighted by molar-refractivity contribution is 0.404. The van der Waals surface area contributed by atoms with Crippen molar-refractivity contribution in [3.63, 3.8) is 0 Å². The summed E-state index contributed by atoms with van der Waals surface area (Å²) < 4.78 is 5.72. The van der Waals surface area contributed by atoms with E-state index in [1.165, 1.54) is 0 Å². The summed E-state index contributed by atoms with van der Waals surface area (Å²) in [4.78, 5) is 6.39. The topological polar surface area (TPSA) is 65.1 Å². The van der Waals surface area contributed by atoms with Crippen LogP contribution in [-0.2, 0) is 0 Å². The summed E-state index contributed by atoms with van der Waals surface area (Å²) in [7, 11) is 4.07. The smallest absolute Gasteiger partial charge is 0.232 e. The fraction of sp³-hybridized carbons (Fsp3) is 0.375. The van der Waals surface area contributed by atoms with Gasteiger partial charge in [-0.15, -0.1) is 0 Å². The number of oxazole rings is 1. The van der Waals surface area contributed by atoms with E-state index in [-0.39, 0.29) is 0 Å². The second-order valence-electron chi connectivity index (χ2n) is 5.21. The second-order valence-corrected chi connectivity index (χ2v) is 5.21. The first-order valence-corrected chi connectivity index (χ1v) is 6.97. The highest BCUT2D eigenvalue weighted by Crippen LogP contribution is 2.27. The van der Waals surface area contributed by atoms with E-state index in [9.17, 15) is 5.26 Å². The molecule has 0 atom stereocenters. The van der Waals surface area contributed by atoms with Crippen LogP contribution in [0.15, 0.2) is 28.7 Å². The zero-order chi connectivity index (χ0) is 15.2. The normalized spacial score (nSPS) is 10.6. The van der Waals surface area contributed by atoms with E-state index in [1.54, 1.807) is 0 Å². The molecule has 1 aromatic heterocycles. The van der Waals surface area contributed by atoms with Crippen molar-refractivity contribution in [3.05, 3.63) is 35.5 Å². The van der Waals surface area contributed by atoms with E-state index >= 15 is 0 Å². The van der Waals surface area contributed by atoms with Crippen molar-refractivity contribution in [3.8, 4) is 17.5 Å². The Kier molecular flexibility index (Phi) is 4.96. The van der Waals surface area contributed by atoms with Gasteiger partial charge >= 0.3 is 0 Å². The van der Waals surface area contributed by atoms with E-state index < -0.39 is 0 Å². The molecule has 1 N–H and O–H groups in total. The van der Waals surface area contributed by atoms with Gasteiger partial charge in [-0.25, -0.2) is 0 Å². The van der Waals surface area contributed by atoms with Gasteiger partial charge in [0.15, 0.2) is 0 Å². The predicted molar refractivity (Wildman–Crippen MR) is 83.1 cm³/mol. The lowest BCUT2D eigenvalue weighted by Crippen LogP contribution is -2.16. The van der Waals surface area contributed by atoms with Crippen LogP contribution in [-0.4, -0.2) is 37.1 Å². The summed E-state index contributed by atoms with van der Waals surface area (Å²) in [5.41, 5.74) is 2.29. The third-order valence-corrected chi connectivity index (χ3v) is 3.18. The predicted octanol–water partition coefficient (Wildman–Crippen LogP) is 2.89. The Bertz CT molecular complexity index is 640. The third-order valence-electron chi connectivity index (χ3n) is 3.18. The molecule has 0 bridgehead atoms. The molecule has 0 fully saturated rings. The Hall–Kier alpha value is -2.32. The summed E-state index contributed by atoms with van der Waals surface area (Å²) in [5.74, 6) is 0.939. The summed E-state index contributed by atoms with van der Waals surface area (Å²) in [5, 5.41) is 12.3. The Morgan fingerprint density at radius 2 is 2.10 bits per heavy atom. The Morgan fingerprint density at radius 3 is 2.76 bits per heavy atom. The minimum Gasteiger partial charge on any atom is -0.419 e. The van der Waals surface area contributed by atoms with Gasteiger partial charge in [0.25, 0.3) is 0 Å². The lowest BCUT2D eigenvalue weighted by Gasteiger charge is -2.09. The Labute approximate surface area is 125 Å². The molecule has 5 nitrogen and oxygen atoms in total. The molecule has 21 heavy (non-hydrogen) atoms. The zero-order valence-electron chi connectivity index (χ0n) is 12.7. The van der Waals surface area contributed by atoms with Crippen molar-refractivity contribution in [2.24, 2.45) is 0 Å². The molecule has 5 heteroatoms. The number of aromatic nitrogens is 1. The number of rotatable bonds is 6. The number of aryl methyl sites for hydroxylation is 1. The molecule has 0 amide bonds. The van der Waals surface area contributed by atoms with Crippen LogP contribution >= 0.6 is 0 Å². The minimum absolute atomic E-state index is 0.304. The SMILES string of the molecule is Cc1ccccc1-c1nc(C#N)c(NCCCN(C)C)o1. The molecule has 110 valence electrons. The molecule has 1 aromatic carbocycles. The maximum absolute atomic E-state index is 9.17. The largest absolute Gasteiger partial charge is 0.419 e. The van der Waals surface area contributed by atoms with Gasteiger partial charge in [-0.1, -0.05) is 18.2 Å². The summed E-state index contributed by atoms with van der Waals surface area (Å²) >= 11 is 0. The van der Waals surface area contributed by atoms with Gasteiger partial charge in [0.05, 0.1) is 0 Å². The van der Waals surface area contributed by atoms with E-state index in [0.717, 1.165) is 30.6 Å². The third kappa shape index (κ3) is 3.83. The highest BCUT2D eigenvalue weighted by molar-refractivity contribution is 5.62. The van der Waals surface area contributed by atoms with Crippen LogP contribution in [0.4, 0.5) is 5.88 Å². The maximum Gasteiger partial charge on any atom is 0.232 e.